The molecule has 5 aromatic rings. The molecule has 0 fully saturated rings. The minimum atomic E-state index is -1.10. The molecule has 0 aliphatic carbocycles. The molecule has 0 saturated carbocycles. The van der Waals surface area contributed by atoms with Gasteiger partial charge in [-0.1, -0.05) is 11.6 Å². The lowest BCUT2D eigenvalue weighted by Crippen LogP contribution is -2.09. The Labute approximate surface area is 180 Å². The molecule has 0 amide bonds. The molecule has 154 valence electrons. The minimum absolute atomic E-state index is 0.458. The molecule has 0 atom stereocenters. The number of rotatable bonds is 4. The van der Waals surface area contributed by atoms with E-state index in [0.717, 1.165) is 5.69 Å². The summed E-state index contributed by atoms with van der Waals surface area (Å²) in [5, 5.41) is 22.3. The maximum atomic E-state index is 12.0. The van der Waals surface area contributed by atoms with E-state index in [9.17, 15) is 9.90 Å². The molecule has 10 nitrogen and oxygen atoms in total. The van der Waals surface area contributed by atoms with Crippen molar-refractivity contribution in [3.05, 3.63) is 66.6 Å². The van der Waals surface area contributed by atoms with Crippen LogP contribution in [-0.4, -0.2) is 45.3 Å². The maximum Gasteiger partial charge on any atom is 0.416 e. The van der Waals surface area contributed by atoms with Crippen LogP contribution in [0.3, 0.4) is 0 Å². The third-order valence-electron chi connectivity index (χ3n) is 4.78. The van der Waals surface area contributed by atoms with Gasteiger partial charge in [0.1, 0.15) is 18.5 Å². The summed E-state index contributed by atoms with van der Waals surface area (Å²) in [5.74, 6) is 0.459. The largest absolute Gasteiger partial charge is 0.464 e. The monoisotopic (exact) mass is 434 g/mol. The zero-order valence-electron chi connectivity index (χ0n) is 16.1. The van der Waals surface area contributed by atoms with Crippen molar-refractivity contribution in [3.8, 4) is 16.9 Å². The van der Waals surface area contributed by atoms with Gasteiger partial charge in [0.25, 0.3) is 0 Å². The van der Waals surface area contributed by atoms with Crippen molar-refractivity contribution in [1.82, 2.24) is 34.1 Å². The third kappa shape index (κ3) is 3.38. The van der Waals surface area contributed by atoms with Crippen LogP contribution in [0, 0.1) is 0 Å². The number of halogens is 1. The van der Waals surface area contributed by atoms with Crippen LogP contribution in [0.2, 0.25) is 5.02 Å². The Bertz CT molecular complexity index is 1420. The van der Waals surface area contributed by atoms with Crippen molar-refractivity contribution in [2.75, 3.05) is 5.32 Å². The van der Waals surface area contributed by atoms with Crippen LogP contribution in [0.1, 0.15) is 0 Å². The van der Waals surface area contributed by atoms with Gasteiger partial charge in [-0.3, -0.25) is 4.68 Å². The van der Waals surface area contributed by atoms with E-state index < -0.39 is 6.09 Å². The van der Waals surface area contributed by atoms with Crippen LogP contribution in [-0.2, 0) is 7.05 Å². The predicted octanol–water partition coefficient (Wildman–Crippen LogP) is 3.94. The van der Waals surface area contributed by atoms with Crippen LogP contribution in [0.15, 0.2) is 61.6 Å². The summed E-state index contributed by atoms with van der Waals surface area (Å²) in [6.45, 7) is 0. The minimum Gasteiger partial charge on any atom is -0.464 e. The summed E-state index contributed by atoms with van der Waals surface area (Å²) in [6.07, 6.45) is 6.92. The molecule has 0 saturated heterocycles. The highest BCUT2D eigenvalue weighted by molar-refractivity contribution is 6.33. The van der Waals surface area contributed by atoms with Crippen LogP contribution >= 0.6 is 11.6 Å². The highest BCUT2D eigenvalue weighted by atomic mass is 35.5. The van der Waals surface area contributed by atoms with Gasteiger partial charge in [0.15, 0.2) is 0 Å². The molecule has 1 aromatic carbocycles. The van der Waals surface area contributed by atoms with E-state index in [4.69, 9.17) is 11.6 Å². The molecule has 0 aliphatic heterocycles. The first kappa shape index (κ1) is 18.8. The molecule has 31 heavy (non-hydrogen) atoms. The number of nitrogens with zero attached hydrogens (tertiary/aromatic N) is 7. The lowest BCUT2D eigenvalue weighted by molar-refractivity contribution is 0.198. The summed E-state index contributed by atoms with van der Waals surface area (Å²) in [6, 6.07) is 8.82. The molecule has 2 N–H and O–H groups in total. The van der Waals surface area contributed by atoms with Gasteiger partial charge in [-0.2, -0.15) is 10.2 Å². The van der Waals surface area contributed by atoms with Crippen molar-refractivity contribution >= 4 is 40.1 Å². The Balaban J connectivity index is 1.53. The van der Waals surface area contributed by atoms with Crippen molar-refractivity contribution in [3.63, 3.8) is 0 Å². The number of carboxylic acid groups (broad SMARTS) is 1. The summed E-state index contributed by atoms with van der Waals surface area (Å²) in [5.41, 5.74) is 3.10. The third-order valence-corrected chi connectivity index (χ3v) is 5.09. The smallest absolute Gasteiger partial charge is 0.416 e. The van der Waals surface area contributed by atoms with Gasteiger partial charge in [-0.25, -0.2) is 24.0 Å². The molecular formula is C20H15ClN8O2. The number of benzene rings is 1. The van der Waals surface area contributed by atoms with Gasteiger partial charge in [-0.15, -0.1) is 0 Å². The Morgan fingerprint density at radius 3 is 2.71 bits per heavy atom. The Kier molecular flexibility index (Phi) is 4.41. The van der Waals surface area contributed by atoms with E-state index in [1.165, 1.54) is 10.9 Å². The number of carbonyl (C=O) groups is 1. The maximum absolute atomic E-state index is 12.0. The van der Waals surface area contributed by atoms with Crippen LogP contribution in [0.25, 0.3) is 27.8 Å². The molecule has 0 aliphatic rings. The number of hydrogen-bond donors (Lipinski definition) is 2. The fourth-order valence-corrected chi connectivity index (χ4v) is 3.59. The topological polar surface area (TPSA) is 116 Å². The van der Waals surface area contributed by atoms with Crippen LogP contribution in [0.4, 0.5) is 16.3 Å². The summed E-state index contributed by atoms with van der Waals surface area (Å²) in [4.78, 5) is 20.3. The van der Waals surface area contributed by atoms with Crippen molar-refractivity contribution in [1.29, 1.82) is 0 Å². The lowest BCUT2D eigenvalue weighted by Gasteiger charge is -2.10. The number of hydrogen-bond acceptors (Lipinski definition) is 6. The number of fused-ring (bicyclic) bond motifs is 1. The lowest BCUT2D eigenvalue weighted by atomic mass is 10.2. The summed E-state index contributed by atoms with van der Waals surface area (Å²) >= 11 is 6.42. The van der Waals surface area contributed by atoms with E-state index in [0.29, 0.717) is 38.7 Å². The highest BCUT2D eigenvalue weighted by Gasteiger charge is 2.18. The fourth-order valence-electron chi connectivity index (χ4n) is 3.37. The van der Waals surface area contributed by atoms with Crippen molar-refractivity contribution in [2.45, 2.75) is 0 Å². The van der Waals surface area contributed by atoms with E-state index in [-0.39, 0.29) is 0 Å². The number of nitrogens with one attached hydrogen (secondary N) is 1. The van der Waals surface area contributed by atoms with Crippen molar-refractivity contribution < 1.29 is 9.90 Å². The van der Waals surface area contributed by atoms with E-state index >= 15 is 0 Å². The number of aryl methyl sites for hydroxylation is 1. The molecule has 11 heteroatoms. The van der Waals surface area contributed by atoms with E-state index in [1.807, 2.05) is 6.07 Å². The second-order valence-electron chi connectivity index (χ2n) is 6.81. The van der Waals surface area contributed by atoms with Crippen LogP contribution in [0.5, 0.6) is 0 Å². The summed E-state index contributed by atoms with van der Waals surface area (Å²) < 4.78 is 4.43. The molecule has 0 bridgehead atoms. The Morgan fingerprint density at radius 1 is 1.16 bits per heavy atom. The number of anilines is 2. The molecule has 4 heterocycles. The number of pyridine rings is 1. The molecule has 4 aromatic heterocycles. The van der Waals surface area contributed by atoms with E-state index in [2.05, 4.69) is 25.5 Å². The summed E-state index contributed by atoms with van der Waals surface area (Å²) in [7, 11) is 1.78. The zero-order chi connectivity index (χ0) is 21.5. The van der Waals surface area contributed by atoms with Crippen molar-refractivity contribution in [2.24, 2.45) is 7.05 Å². The molecule has 0 radical (unpaired) electrons. The fraction of sp³-hybridized carbons (Fsp3) is 0.0500. The van der Waals surface area contributed by atoms with Gasteiger partial charge in [0, 0.05) is 36.5 Å². The van der Waals surface area contributed by atoms with Gasteiger partial charge in [0.2, 0.25) is 0 Å². The average Bonchev–Trinajstić information content (AvgIpc) is 3.48. The van der Waals surface area contributed by atoms with Gasteiger partial charge < -0.3 is 10.4 Å². The normalized spacial score (nSPS) is 11.2. The first-order valence-corrected chi connectivity index (χ1v) is 9.53. The number of aromatic nitrogens is 7. The predicted molar refractivity (Wildman–Crippen MR) is 115 cm³/mol. The zero-order valence-corrected chi connectivity index (χ0v) is 16.9. The Hall–Kier alpha value is -4.18. The van der Waals surface area contributed by atoms with Gasteiger partial charge in [0.05, 0.1) is 33.8 Å². The quantitative estimate of drug-likeness (QED) is 0.440. The van der Waals surface area contributed by atoms with Crippen LogP contribution < -0.4 is 5.32 Å². The average molecular weight is 435 g/mol. The van der Waals surface area contributed by atoms with E-state index in [1.54, 1.807) is 65.6 Å². The second kappa shape index (κ2) is 7.26. The first-order chi connectivity index (χ1) is 15.0. The molecule has 0 spiro atoms. The SMILES string of the molecule is Cn1cc(-c2cc3cnc(Nc4ccc(-n5cncn5)cc4Cl)cc3n2C(=O)O)cn1. The molecule has 0 unspecified atom stereocenters. The Morgan fingerprint density at radius 2 is 2.03 bits per heavy atom. The molecular weight excluding hydrogens is 420 g/mol. The standard InChI is InChI=1S/C20H15ClN8O2/c1-27-9-13(8-24-27)17-4-12-7-23-19(6-18(12)29(17)20(30)31)26-16-3-2-14(5-15(16)21)28-11-22-10-25-28/h2-11H,1H3,(H,23,26)(H,30,31). The highest BCUT2D eigenvalue weighted by Crippen LogP contribution is 2.31. The van der Waals surface area contributed by atoms with Gasteiger partial charge in [-0.05, 0) is 24.3 Å². The second-order valence-corrected chi connectivity index (χ2v) is 7.22. The first-order valence-electron chi connectivity index (χ1n) is 9.15. The van der Waals surface area contributed by atoms with Gasteiger partial charge >= 0.3 is 6.09 Å². The molecule has 5 rings (SSSR count).